The van der Waals surface area contributed by atoms with E-state index in [9.17, 15) is 0 Å². The lowest BCUT2D eigenvalue weighted by molar-refractivity contribution is 0.177. The molecule has 3 heteroatoms. The molecule has 1 heterocycles. The predicted octanol–water partition coefficient (Wildman–Crippen LogP) is 0.305. The molecule has 2 N–H and O–H groups in total. The Hall–Kier alpha value is -0.960. The molecule has 0 bridgehead atoms. The van der Waals surface area contributed by atoms with Gasteiger partial charge in [0.1, 0.15) is 0 Å². The molecule has 0 saturated heterocycles. The molecule has 0 aromatic carbocycles. The third kappa shape index (κ3) is 1.54. The van der Waals surface area contributed by atoms with Gasteiger partial charge in [-0.25, -0.2) is 0 Å². The highest BCUT2D eigenvalue weighted by molar-refractivity contribution is 5.26. The molecule has 62 valence electrons. The Morgan fingerprint density at radius 1 is 1.73 bits per heavy atom. The number of ether oxygens (including phenoxy) is 1. The second-order valence-corrected chi connectivity index (χ2v) is 2.52. The number of nitrogens with zero attached hydrogens (tertiary/aromatic N) is 1. The van der Waals surface area contributed by atoms with Crippen LogP contribution in [0.2, 0.25) is 0 Å². The molecule has 0 spiro atoms. The summed E-state index contributed by atoms with van der Waals surface area (Å²) >= 11 is 0. The molecule has 1 rings (SSSR count). The molecular formula is C8H14N2O. The lowest BCUT2D eigenvalue weighted by Crippen LogP contribution is -2.25. The normalized spacial score (nSPS) is 17.5. The number of hydrogen-bond donors (Lipinski definition) is 1. The van der Waals surface area contributed by atoms with Crippen LogP contribution in [0.4, 0.5) is 0 Å². The standard InChI is InChI=1S/C8H14N2O/c1-10-5-3-4-7(6-9)8(10)11-2/h3-4H,5-6,9H2,1-2H3. The molecule has 0 aromatic rings. The minimum Gasteiger partial charge on any atom is -0.482 e. The van der Waals surface area contributed by atoms with Gasteiger partial charge in [-0.15, -0.1) is 0 Å². The van der Waals surface area contributed by atoms with Gasteiger partial charge in [0.2, 0.25) is 0 Å². The molecule has 0 radical (unpaired) electrons. The van der Waals surface area contributed by atoms with Gasteiger partial charge < -0.3 is 15.4 Å². The highest BCUT2D eigenvalue weighted by atomic mass is 16.5. The molecule has 0 saturated carbocycles. The van der Waals surface area contributed by atoms with Crippen molar-refractivity contribution in [1.29, 1.82) is 0 Å². The summed E-state index contributed by atoms with van der Waals surface area (Å²) in [5.74, 6) is 0.884. The van der Waals surface area contributed by atoms with E-state index in [0.717, 1.165) is 18.0 Å². The fourth-order valence-electron chi connectivity index (χ4n) is 1.19. The zero-order valence-electron chi connectivity index (χ0n) is 7.00. The number of hydrogen-bond acceptors (Lipinski definition) is 3. The predicted molar refractivity (Wildman–Crippen MR) is 44.9 cm³/mol. The van der Waals surface area contributed by atoms with Crippen molar-refractivity contribution in [2.75, 3.05) is 27.2 Å². The molecule has 0 atom stereocenters. The smallest absolute Gasteiger partial charge is 0.193 e. The molecule has 1 aliphatic heterocycles. The van der Waals surface area contributed by atoms with E-state index in [0.29, 0.717) is 6.54 Å². The van der Waals surface area contributed by atoms with Crippen LogP contribution in [0.5, 0.6) is 0 Å². The van der Waals surface area contributed by atoms with E-state index in [2.05, 4.69) is 6.08 Å². The third-order valence-electron chi connectivity index (χ3n) is 1.73. The van der Waals surface area contributed by atoms with E-state index >= 15 is 0 Å². The van der Waals surface area contributed by atoms with Crippen molar-refractivity contribution in [3.05, 3.63) is 23.6 Å². The first-order valence-electron chi connectivity index (χ1n) is 3.64. The van der Waals surface area contributed by atoms with Crippen LogP contribution in [-0.2, 0) is 4.74 Å². The van der Waals surface area contributed by atoms with E-state index in [1.54, 1.807) is 7.11 Å². The van der Waals surface area contributed by atoms with Crippen molar-refractivity contribution >= 4 is 0 Å². The largest absolute Gasteiger partial charge is 0.482 e. The fourth-order valence-corrected chi connectivity index (χ4v) is 1.19. The van der Waals surface area contributed by atoms with Gasteiger partial charge >= 0.3 is 0 Å². The first-order valence-corrected chi connectivity index (χ1v) is 3.64. The Morgan fingerprint density at radius 2 is 2.45 bits per heavy atom. The van der Waals surface area contributed by atoms with Crippen LogP contribution in [-0.4, -0.2) is 32.1 Å². The SMILES string of the molecule is COC1=C(CN)C=CCN1C. The maximum absolute atomic E-state index is 5.52. The Morgan fingerprint density at radius 3 is 2.91 bits per heavy atom. The number of likely N-dealkylation sites (N-methyl/N-ethyl adjacent to an activating group) is 1. The van der Waals surface area contributed by atoms with Crippen molar-refractivity contribution in [3.8, 4) is 0 Å². The van der Waals surface area contributed by atoms with Gasteiger partial charge in [-0.1, -0.05) is 12.2 Å². The lowest BCUT2D eigenvalue weighted by atomic mass is 10.2. The quantitative estimate of drug-likeness (QED) is 0.622. The van der Waals surface area contributed by atoms with Crippen molar-refractivity contribution in [2.24, 2.45) is 5.73 Å². The summed E-state index contributed by atoms with van der Waals surface area (Å²) in [6.07, 6.45) is 4.09. The third-order valence-corrected chi connectivity index (χ3v) is 1.73. The topological polar surface area (TPSA) is 38.5 Å². The van der Waals surface area contributed by atoms with Gasteiger partial charge in [-0.2, -0.15) is 0 Å². The average Bonchev–Trinajstić information content (AvgIpc) is 2.04. The molecule has 0 aliphatic carbocycles. The van der Waals surface area contributed by atoms with Crippen molar-refractivity contribution in [3.63, 3.8) is 0 Å². The van der Waals surface area contributed by atoms with Gasteiger partial charge in [0, 0.05) is 25.7 Å². The molecule has 1 aliphatic rings. The van der Waals surface area contributed by atoms with Crippen LogP contribution in [0.3, 0.4) is 0 Å². The fraction of sp³-hybridized carbons (Fsp3) is 0.500. The van der Waals surface area contributed by atoms with E-state index in [-0.39, 0.29) is 0 Å². The van der Waals surface area contributed by atoms with Gasteiger partial charge in [-0.05, 0) is 0 Å². The van der Waals surface area contributed by atoms with Crippen LogP contribution >= 0.6 is 0 Å². The molecule has 0 aromatic heterocycles. The summed E-state index contributed by atoms with van der Waals surface area (Å²) in [6.45, 7) is 1.43. The number of methoxy groups -OCH3 is 1. The highest BCUT2D eigenvalue weighted by Crippen LogP contribution is 2.14. The summed E-state index contributed by atoms with van der Waals surface area (Å²) in [4.78, 5) is 2.03. The molecule has 3 nitrogen and oxygen atoms in total. The zero-order chi connectivity index (χ0) is 8.27. The highest BCUT2D eigenvalue weighted by Gasteiger charge is 2.11. The van der Waals surface area contributed by atoms with Crippen LogP contribution in [0, 0.1) is 0 Å². The number of nitrogens with two attached hydrogens (primary N) is 1. The summed E-state index contributed by atoms with van der Waals surface area (Å²) in [5, 5.41) is 0. The molecule has 0 unspecified atom stereocenters. The second kappa shape index (κ2) is 3.44. The summed E-state index contributed by atoms with van der Waals surface area (Å²) in [6, 6.07) is 0. The van der Waals surface area contributed by atoms with Crippen molar-refractivity contribution in [1.82, 2.24) is 4.90 Å². The molecular weight excluding hydrogens is 140 g/mol. The van der Waals surface area contributed by atoms with Gasteiger partial charge in [-0.3, -0.25) is 0 Å². The number of rotatable bonds is 2. The first-order chi connectivity index (χ1) is 5.29. The Kier molecular flexibility index (Phi) is 2.54. The van der Waals surface area contributed by atoms with Gasteiger partial charge in [0.05, 0.1) is 7.11 Å². The maximum Gasteiger partial charge on any atom is 0.193 e. The van der Waals surface area contributed by atoms with Gasteiger partial charge in [0.15, 0.2) is 5.88 Å². The minimum atomic E-state index is 0.532. The van der Waals surface area contributed by atoms with E-state index < -0.39 is 0 Å². The summed E-state index contributed by atoms with van der Waals surface area (Å²) in [5.41, 5.74) is 6.57. The van der Waals surface area contributed by atoms with Crippen molar-refractivity contribution in [2.45, 2.75) is 0 Å². The Labute approximate surface area is 67.1 Å². The molecule has 11 heavy (non-hydrogen) atoms. The van der Waals surface area contributed by atoms with Gasteiger partial charge in [0.25, 0.3) is 0 Å². The van der Waals surface area contributed by atoms with E-state index in [4.69, 9.17) is 10.5 Å². The summed E-state index contributed by atoms with van der Waals surface area (Å²) in [7, 11) is 3.65. The first kappa shape index (κ1) is 8.14. The Bertz CT molecular complexity index is 196. The monoisotopic (exact) mass is 154 g/mol. The van der Waals surface area contributed by atoms with Crippen LogP contribution in [0.1, 0.15) is 0 Å². The van der Waals surface area contributed by atoms with Crippen LogP contribution < -0.4 is 5.73 Å². The molecule has 0 amide bonds. The molecule has 0 fully saturated rings. The Balaban J connectivity index is 2.86. The van der Waals surface area contributed by atoms with Crippen LogP contribution in [0.15, 0.2) is 23.6 Å². The average molecular weight is 154 g/mol. The minimum absolute atomic E-state index is 0.532. The zero-order valence-corrected chi connectivity index (χ0v) is 7.00. The maximum atomic E-state index is 5.52. The van der Waals surface area contributed by atoms with E-state index in [1.807, 2.05) is 18.0 Å². The summed E-state index contributed by atoms with van der Waals surface area (Å²) < 4.78 is 5.18. The lowest BCUT2D eigenvalue weighted by Gasteiger charge is -2.24. The second-order valence-electron chi connectivity index (χ2n) is 2.52. The van der Waals surface area contributed by atoms with Crippen molar-refractivity contribution < 1.29 is 4.74 Å². The van der Waals surface area contributed by atoms with E-state index in [1.165, 1.54) is 0 Å². The van der Waals surface area contributed by atoms with Crippen LogP contribution in [0.25, 0.3) is 0 Å².